The van der Waals surface area contributed by atoms with Crippen molar-refractivity contribution in [2.45, 2.75) is 12.8 Å². The topological polar surface area (TPSA) is 84.1 Å². The third kappa shape index (κ3) is 3.49. The number of methoxy groups -OCH3 is 1. The summed E-state index contributed by atoms with van der Waals surface area (Å²) in [4.78, 5) is 23.9. The highest BCUT2D eigenvalue weighted by Crippen LogP contribution is 2.17. The molecule has 0 unspecified atom stereocenters. The number of amides is 1. The van der Waals surface area contributed by atoms with Gasteiger partial charge in [-0.15, -0.1) is 0 Å². The molecule has 116 valence electrons. The number of benzene rings is 1. The normalized spacial score (nSPS) is 11.8. The number of H-pyrrole nitrogens is 1. The Morgan fingerprint density at radius 2 is 2.05 bits per heavy atom. The molecule has 6 nitrogen and oxygen atoms in total. The molecule has 0 saturated carbocycles. The van der Waals surface area contributed by atoms with E-state index >= 15 is 0 Å². The lowest BCUT2D eigenvalue weighted by molar-refractivity contribution is -0.142. The van der Waals surface area contributed by atoms with Gasteiger partial charge in [-0.3, -0.25) is 14.7 Å². The Balaban J connectivity index is 2.11. The number of nitrogens with zero attached hydrogens (tertiary/aromatic N) is 1. The molecule has 22 heavy (non-hydrogen) atoms. The lowest BCUT2D eigenvalue weighted by Gasteiger charge is -2.15. The molecule has 0 saturated heterocycles. The molecular weight excluding hydrogens is 289 g/mol. The molecular formula is C15H16FN3O3. The van der Waals surface area contributed by atoms with Gasteiger partial charge in [0, 0.05) is 12.2 Å². The quantitative estimate of drug-likeness (QED) is 0.821. The summed E-state index contributed by atoms with van der Waals surface area (Å²) in [7, 11) is 1.26. The van der Waals surface area contributed by atoms with Crippen LogP contribution in [0.1, 0.15) is 27.5 Å². The Hall–Kier alpha value is -2.70. The molecule has 2 N–H and O–H groups in total. The number of halogens is 1. The van der Waals surface area contributed by atoms with E-state index in [0.717, 1.165) is 0 Å². The van der Waals surface area contributed by atoms with Gasteiger partial charge < -0.3 is 10.1 Å². The van der Waals surface area contributed by atoms with E-state index in [4.69, 9.17) is 4.74 Å². The van der Waals surface area contributed by atoms with E-state index in [1.807, 2.05) is 0 Å². The lowest BCUT2D eigenvalue weighted by Crippen LogP contribution is -2.32. The fraction of sp³-hybridized carbons (Fsp3) is 0.267. The Kier molecular flexibility index (Phi) is 4.88. The summed E-state index contributed by atoms with van der Waals surface area (Å²) in [5.41, 5.74) is 1.61. The molecule has 1 atom stereocenters. The summed E-state index contributed by atoms with van der Waals surface area (Å²) in [6, 6.07) is 5.50. The fourth-order valence-electron chi connectivity index (χ4n) is 2.04. The summed E-state index contributed by atoms with van der Waals surface area (Å²) in [5, 5.41) is 9.10. The highest BCUT2D eigenvalue weighted by molar-refractivity contribution is 5.95. The first-order chi connectivity index (χ1) is 10.5. The average molecular weight is 305 g/mol. The van der Waals surface area contributed by atoms with Crippen LogP contribution in [0.4, 0.5) is 4.39 Å². The number of rotatable bonds is 5. The van der Waals surface area contributed by atoms with Crippen LogP contribution in [0.2, 0.25) is 0 Å². The zero-order valence-electron chi connectivity index (χ0n) is 12.2. The van der Waals surface area contributed by atoms with E-state index in [9.17, 15) is 14.0 Å². The number of hydrogen-bond acceptors (Lipinski definition) is 4. The highest BCUT2D eigenvalue weighted by atomic mass is 19.1. The highest BCUT2D eigenvalue weighted by Gasteiger charge is 2.23. The van der Waals surface area contributed by atoms with Crippen LogP contribution < -0.4 is 5.32 Å². The van der Waals surface area contributed by atoms with Crippen LogP contribution in [0.3, 0.4) is 0 Å². The monoisotopic (exact) mass is 305 g/mol. The Morgan fingerprint density at radius 1 is 1.36 bits per heavy atom. The second-order valence-electron chi connectivity index (χ2n) is 4.75. The van der Waals surface area contributed by atoms with Crippen molar-refractivity contribution in [1.82, 2.24) is 15.5 Å². The van der Waals surface area contributed by atoms with Crippen LogP contribution in [0.15, 0.2) is 30.5 Å². The van der Waals surface area contributed by atoms with Gasteiger partial charge in [-0.25, -0.2) is 4.39 Å². The third-order valence-electron chi connectivity index (χ3n) is 3.30. The van der Waals surface area contributed by atoms with Crippen molar-refractivity contribution in [2.24, 2.45) is 0 Å². The van der Waals surface area contributed by atoms with E-state index in [1.165, 1.54) is 37.6 Å². The van der Waals surface area contributed by atoms with Gasteiger partial charge in [-0.05, 0) is 24.6 Å². The minimum atomic E-state index is -0.707. The van der Waals surface area contributed by atoms with E-state index in [2.05, 4.69) is 15.5 Å². The van der Waals surface area contributed by atoms with Crippen molar-refractivity contribution >= 4 is 11.9 Å². The summed E-state index contributed by atoms with van der Waals surface area (Å²) in [6.45, 7) is 1.77. The number of carbonyl (C=O) groups excluding carboxylic acids is 2. The molecule has 0 aliphatic heterocycles. The molecule has 2 aromatic rings. The number of hydrogen-bond donors (Lipinski definition) is 2. The zero-order chi connectivity index (χ0) is 16.1. The molecule has 1 heterocycles. The maximum Gasteiger partial charge on any atom is 0.314 e. The molecule has 2 rings (SSSR count). The van der Waals surface area contributed by atoms with Gasteiger partial charge in [-0.2, -0.15) is 5.10 Å². The molecule has 0 fully saturated rings. The van der Waals surface area contributed by atoms with Crippen molar-refractivity contribution in [2.75, 3.05) is 13.7 Å². The Labute approximate surface area is 126 Å². The first-order valence-corrected chi connectivity index (χ1v) is 6.64. The first-order valence-electron chi connectivity index (χ1n) is 6.64. The number of aryl methyl sites for hydroxylation is 1. The predicted molar refractivity (Wildman–Crippen MR) is 76.8 cm³/mol. The van der Waals surface area contributed by atoms with E-state index in [0.29, 0.717) is 16.8 Å². The minimum Gasteiger partial charge on any atom is -0.468 e. The molecule has 1 aromatic heterocycles. The van der Waals surface area contributed by atoms with Gasteiger partial charge in [0.15, 0.2) is 0 Å². The number of aromatic nitrogens is 2. The van der Waals surface area contributed by atoms with Crippen LogP contribution in [-0.4, -0.2) is 35.7 Å². The van der Waals surface area contributed by atoms with Crippen molar-refractivity contribution in [3.8, 4) is 0 Å². The lowest BCUT2D eigenvalue weighted by atomic mass is 9.99. The number of ether oxygens (including phenoxy) is 1. The van der Waals surface area contributed by atoms with Crippen molar-refractivity contribution in [3.63, 3.8) is 0 Å². The standard InChI is InChI=1S/C15H16FN3O3/c1-9-12(8-18-19-9)14(20)17-7-13(15(21)22-2)10-3-5-11(16)6-4-10/h3-6,8,13H,7H2,1-2H3,(H,17,20)(H,18,19)/t13-/m1/s1. The van der Waals surface area contributed by atoms with Crippen molar-refractivity contribution in [3.05, 3.63) is 53.1 Å². The summed E-state index contributed by atoms with van der Waals surface area (Å²) < 4.78 is 17.7. The first kappa shape index (κ1) is 15.7. The van der Waals surface area contributed by atoms with E-state index in [1.54, 1.807) is 6.92 Å². The fourth-order valence-corrected chi connectivity index (χ4v) is 2.04. The van der Waals surface area contributed by atoms with Gasteiger partial charge in [0.25, 0.3) is 5.91 Å². The van der Waals surface area contributed by atoms with Gasteiger partial charge in [0.1, 0.15) is 5.82 Å². The van der Waals surface area contributed by atoms with Crippen LogP contribution >= 0.6 is 0 Å². The average Bonchev–Trinajstić information content (AvgIpc) is 2.94. The van der Waals surface area contributed by atoms with Crippen LogP contribution in [0.5, 0.6) is 0 Å². The molecule has 7 heteroatoms. The number of aromatic amines is 1. The smallest absolute Gasteiger partial charge is 0.314 e. The number of esters is 1. The second kappa shape index (κ2) is 6.84. The maximum absolute atomic E-state index is 13.0. The molecule has 0 radical (unpaired) electrons. The molecule has 0 aliphatic carbocycles. The van der Waals surface area contributed by atoms with Crippen LogP contribution in [0, 0.1) is 12.7 Å². The molecule has 0 spiro atoms. The molecule has 0 aliphatic rings. The molecule has 1 amide bonds. The van der Waals surface area contributed by atoms with Gasteiger partial charge in [-0.1, -0.05) is 12.1 Å². The number of carbonyl (C=O) groups is 2. The van der Waals surface area contributed by atoms with E-state index in [-0.39, 0.29) is 12.5 Å². The molecule has 0 bridgehead atoms. The largest absolute Gasteiger partial charge is 0.468 e. The number of nitrogens with one attached hydrogen (secondary N) is 2. The minimum absolute atomic E-state index is 0.0434. The third-order valence-corrected chi connectivity index (χ3v) is 3.30. The zero-order valence-corrected chi connectivity index (χ0v) is 12.2. The predicted octanol–water partition coefficient (Wildman–Crippen LogP) is 1.54. The summed E-state index contributed by atoms with van der Waals surface area (Å²) >= 11 is 0. The van der Waals surface area contributed by atoms with Crippen LogP contribution in [0.25, 0.3) is 0 Å². The SMILES string of the molecule is COC(=O)[C@H](CNC(=O)c1cn[nH]c1C)c1ccc(F)cc1. The maximum atomic E-state index is 13.0. The molecule has 1 aromatic carbocycles. The summed E-state index contributed by atoms with van der Waals surface area (Å²) in [5.74, 6) is -1.95. The van der Waals surface area contributed by atoms with Crippen molar-refractivity contribution < 1.29 is 18.7 Å². The van der Waals surface area contributed by atoms with Gasteiger partial charge in [0.05, 0.1) is 24.8 Å². The van der Waals surface area contributed by atoms with Crippen molar-refractivity contribution in [1.29, 1.82) is 0 Å². The van der Waals surface area contributed by atoms with E-state index < -0.39 is 17.7 Å². The second-order valence-corrected chi connectivity index (χ2v) is 4.75. The van der Waals surface area contributed by atoms with Gasteiger partial charge >= 0.3 is 5.97 Å². The Bertz CT molecular complexity index is 667. The Morgan fingerprint density at radius 3 is 2.59 bits per heavy atom. The summed E-state index contributed by atoms with van der Waals surface area (Å²) in [6.07, 6.45) is 1.41. The van der Waals surface area contributed by atoms with Gasteiger partial charge in [0.2, 0.25) is 0 Å². The van der Waals surface area contributed by atoms with Crippen LogP contribution in [-0.2, 0) is 9.53 Å².